The molecule has 1 N–H and O–H groups in total. The molecule has 0 aromatic carbocycles. The largest absolute Gasteiger partial charge is 0.312 e. The summed E-state index contributed by atoms with van der Waals surface area (Å²) in [4.78, 5) is 7.90. The quantitative estimate of drug-likeness (QED) is 0.922. The fourth-order valence-electron chi connectivity index (χ4n) is 3.23. The van der Waals surface area contributed by atoms with Crippen molar-refractivity contribution in [2.75, 3.05) is 20.1 Å². The molecule has 0 unspecified atom stereocenters. The van der Waals surface area contributed by atoms with E-state index in [9.17, 15) is 0 Å². The minimum absolute atomic E-state index is 0.444. The molecule has 0 bridgehead atoms. The number of nitrogens with zero attached hydrogens (tertiary/aromatic N) is 3. The highest BCUT2D eigenvalue weighted by molar-refractivity contribution is 7.10. The summed E-state index contributed by atoms with van der Waals surface area (Å²) in [6.45, 7) is 2.96. The van der Waals surface area contributed by atoms with Crippen LogP contribution in [0.4, 0.5) is 0 Å². The molecule has 0 radical (unpaired) electrons. The maximum atomic E-state index is 8.86. The smallest absolute Gasteiger partial charge is 0.100 e. The Balaban J connectivity index is 1.58. The van der Waals surface area contributed by atoms with Crippen LogP contribution >= 0.6 is 11.3 Å². The number of pyridine rings is 1. The van der Waals surface area contributed by atoms with Crippen molar-refractivity contribution in [3.63, 3.8) is 0 Å². The Kier molecular flexibility index (Phi) is 4.84. The van der Waals surface area contributed by atoms with E-state index in [0.29, 0.717) is 12.0 Å². The van der Waals surface area contributed by atoms with Gasteiger partial charge in [-0.1, -0.05) is 6.07 Å². The molecule has 2 aromatic rings. The fourth-order valence-corrected chi connectivity index (χ4v) is 4.01. The van der Waals surface area contributed by atoms with Crippen LogP contribution in [0.15, 0.2) is 36.0 Å². The molecule has 2 aromatic heterocycles. The Hall–Kier alpha value is -1.74. The second-order valence-electron chi connectivity index (χ2n) is 5.80. The van der Waals surface area contributed by atoms with Crippen molar-refractivity contribution in [1.29, 1.82) is 5.26 Å². The molecule has 1 fully saturated rings. The number of thiophene rings is 1. The molecular formula is C17H20N4S. The number of rotatable bonds is 5. The molecule has 0 amide bonds. The van der Waals surface area contributed by atoms with Crippen LogP contribution in [0.5, 0.6) is 0 Å². The van der Waals surface area contributed by atoms with E-state index < -0.39 is 0 Å². The van der Waals surface area contributed by atoms with Crippen LogP contribution in [-0.4, -0.2) is 30.0 Å². The summed E-state index contributed by atoms with van der Waals surface area (Å²) in [5.41, 5.74) is 2.06. The maximum absolute atomic E-state index is 8.86. The van der Waals surface area contributed by atoms with Crippen molar-refractivity contribution >= 4 is 11.3 Å². The molecule has 0 saturated carbocycles. The Morgan fingerprint density at radius 2 is 2.45 bits per heavy atom. The lowest BCUT2D eigenvalue weighted by molar-refractivity contribution is 0.271. The van der Waals surface area contributed by atoms with E-state index in [0.717, 1.165) is 25.2 Å². The van der Waals surface area contributed by atoms with Gasteiger partial charge in [0.05, 0.1) is 5.56 Å². The number of hydrogen-bond donors (Lipinski definition) is 1. The fraction of sp³-hybridized carbons (Fsp3) is 0.412. The molecular weight excluding hydrogens is 292 g/mol. The van der Waals surface area contributed by atoms with Gasteiger partial charge in [0.2, 0.25) is 0 Å². The zero-order chi connectivity index (χ0) is 15.4. The first kappa shape index (κ1) is 15.2. The van der Waals surface area contributed by atoms with E-state index >= 15 is 0 Å². The summed E-state index contributed by atoms with van der Waals surface area (Å²) < 4.78 is 0. The van der Waals surface area contributed by atoms with Gasteiger partial charge in [-0.15, -0.1) is 11.3 Å². The third-order valence-electron chi connectivity index (χ3n) is 4.29. The van der Waals surface area contributed by atoms with Gasteiger partial charge < -0.3 is 5.32 Å². The van der Waals surface area contributed by atoms with E-state index in [4.69, 9.17) is 5.26 Å². The topological polar surface area (TPSA) is 52.0 Å². The number of likely N-dealkylation sites (tertiary alicyclic amines) is 1. The van der Waals surface area contributed by atoms with Gasteiger partial charge in [0.25, 0.3) is 0 Å². The molecule has 114 valence electrons. The van der Waals surface area contributed by atoms with Crippen molar-refractivity contribution in [2.45, 2.75) is 19.0 Å². The van der Waals surface area contributed by atoms with Crippen molar-refractivity contribution in [1.82, 2.24) is 15.2 Å². The SMILES string of the molecule is CN1CC[C@@H](CNCc2cc(C#N)cs2)[C@@H]1c1cccnc1. The molecule has 4 nitrogen and oxygen atoms in total. The zero-order valence-corrected chi connectivity index (χ0v) is 13.5. The van der Waals surface area contributed by atoms with Gasteiger partial charge in [-0.25, -0.2) is 0 Å². The average molecular weight is 312 g/mol. The second-order valence-corrected chi connectivity index (χ2v) is 6.80. The molecule has 1 aliphatic heterocycles. The summed E-state index contributed by atoms with van der Waals surface area (Å²) in [6, 6.07) is 8.78. The second kappa shape index (κ2) is 7.01. The van der Waals surface area contributed by atoms with Crippen LogP contribution in [0, 0.1) is 17.2 Å². The number of nitrogens with one attached hydrogen (secondary N) is 1. The van der Waals surface area contributed by atoms with Crippen molar-refractivity contribution in [3.05, 3.63) is 52.0 Å². The highest BCUT2D eigenvalue weighted by atomic mass is 32.1. The van der Waals surface area contributed by atoms with Gasteiger partial charge in [0.1, 0.15) is 6.07 Å². The summed E-state index contributed by atoms with van der Waals surface area (Å²) in [7, 11) is 2.19. The van der Waals surface area contributed by atoms with Crippen LogP contribution in [0.25, 0.3) is 0 Å². The van der Waals surface area contributed by atoms with Gasteiger partial charge in [0, 0.05) is 41.8 Å². The van der Waals surface area contributed by atoms with Crippen LogP contribution in [0.1, 0.15) is 28.5 Å². The van der Waals surface area contributed by atoms with Crippen LogP contribution < -0.4 is 5.32 Å². The highest BCUT2D eigenvalue weighted by Gasteiger charge is 2.32. The summed E-state index contributed by atoms with van der Waals surface area (Å²) in [6.07, 6.45) is 5.02. The lowest BCUT2D eigenvalue weighted by Crippen LogP contribution is -2.28. The Bertz CT molecular complexity index is 646. The van der Waals surface area contributed by atoms with Gasteiger partial charge in [-0.05, 0) is 43.6 Å². The Morgan fingerprint density at radius 3 is 3.18 bits per heavy atom. The minimum Gasteiger partial charge on any atom is -0.312 e. The molecule has 0 spiro atoms. The Labute approximate surface area is 135 Å². The van der Waals surface area contributed by atoms with E-state index in [1.807, 2.05) is 29.9 Å². The minimum atomic E-state index is 0.444. The monoisotopic (exact) mass is 312 g/mol. The predicted octanol–water partition coefficient (Wildman–Crippen LogP) is 2.80. The van der Waals surface area contributed by atoms with Gasteiger partial charge in [-0.3, -0.25) is 9.88 Å². The lowest BCUT2D eigenvalue weighted by atomic mass is 9.95. The first-order valence-electron chi connectivity index (χ1n) is 7.56. The molecule has 3 heterocycles. The first-order valence-corrected chi connectivity index (χ1v) is 8.44. The lowest BCUT2D eigenvalue weighted by Gasteiger charge is -2.25. The molecule has 0 aliphatic carbocycles. The molecule has 1 saturated heterocycles. The van der Waals surface area contributed by atoms with E-state index in [-0.39, 0.29) is 0 Å². The number of hydrogen-bond acceptors (Lipinski definition) is 5. The third-order valence-corrected chi connectivity index (χ3v) is 5.23. The third kappa shape index (κ3) is 3.36. The molecule has 3 rings (SSSR count). The van der Waals surface area contributed by atoms with Crippen LogP contribution in [0.3, 0.4) is 0 Å². The predicted molar refractivity (Wildman–Crippen MR) is 88.5 cm³/mol. The molecule has 1 aliphatic rings. The zero-order valence-electron chi connectivity index (χ0n) is 12.7. The van der Waals surface area contributed by atoms with Gasteiger partial charge >= 0.3 is 0 Å². The highest BCUT2D eigenvalue weighted by Crippen LogP contribution is 2.35. The number of aromatic nitrogens is 1. The van der Waals surface area contributed by atoms with E-state index in [1.54, 1.807) is 11.3 Å². The van der Waals surface area contributed by atoms with Gasteiger partial charge in [-0.2, -0.15) is 5.26 Å². The first-order chi connectivity index (χ1) is 10.8. The van der Waals surface area contributed by atoms with Crippen LogP contribution in [0.2, 0.25) is 0 Å². The van der Waals surface area contributed by atoms with E-state index in [2.05, 4.69) is 34.4 Å². The van der Waals surface area contributed by atoms with E-state index in [1.165, 1.54) is 16.9 Å². The number of nitriles is 1. The Morgan fingerprint density at radius 1 is 1.55 bits per heavy atom. The van der Waals surface area contributed by atoms with Crippen molar-refractivity contribution < 1.29 is 0 Å². The summed E-state index contributed by atoms with van der Waals surface area (Å²) in [5, 5.41) is 14.3. The average Bonchev–Trinajstić information content (AvgIpc) is 3.15. The molecule has 22 heavy (non-hydrogen) atoms. The van der Waals surface area contributed by atoms with Gasteiger partial charge in [0.15, 0.2) is 0 Å². The van der Waals surface area contributed by atoms with Crippen LogP contribution in [-0.2, 0) is 6.54 Å². The van der Waals surface area contributed by atoms with Crippen molar-refractivity contribution in [3.8, 4) is 6.07 Å². The molecule has 2 atom stereocenters. The normalized spacial score (nSPS) is 21.8. The summed E-state index contributed by atoms with van der Waals surface area (Å²) >= 11 is 1.65. The van der Waals surface area contributed by atoms with Crippen molar-refractivity contribution in [2.24, 2.45) is 5.92 Å². The standard InChI is InChI=1S/C17H20N4S/c1-21-6-4-15(17(21)14-3-2-5-19-9-14)10-20-11-16-7-13(8-18)12-22-16/h2-3,5,7,9,12,15,17,20H,4,6,10-11H2,1H3/t15-,17-/m0/s1. The maximum Gasteiger partial charge on any atom is 0.100 e. The summed E-state index contributed by atoms with van der Waals surface area (Å²) in [5.74, 6) is 0.601. The molecule has 5 heteroatoms.